The van der Waals surface area contributed by atoms with Crippen LogP contribution >= 0.6 is 23.2 Å². The number of halogens is 2. The Hall–Kier alpha value is -0.990. The standard InChI is InChI=1S/C10H9Cl2NO/c1-2-3-10(14)13-7-4-5-8(11)9(12)6-7/h2-6H,1H3,(H,13,14)/b3-2-. The molecule has 1 amide bonds. The van der Waals surface area contributed by atoms with E-state index in [0.717, 1.165) is 0 Å². The molecule has 0 bridgehead atoms. The van der Waals surface area contributed by atoms with Crippen LogP contribution in [-0.4, -0.2) is 5.91 Å². The number of hydrogen-bond donors (Lipinski definition) is 1. The van der Waals surface area contributed by atoms with Crippen LogP contribution in [0.15, 0.2) is 30.4 Å². The summed E-state index contributed by atoms with van der Waals surface area (Å²) in [5.74, 6) is -0.189. The van der Waals surface area contributed by atoms with Crippen molar-refractivity contribution in [2.75, 3.05) is 5.32 Å². The smallest absolute Gasteiger partial charge is 0.248 e. The third kappa shape index (κ3) is 3.05. The zero-order valence-corrected chi connectivity index (χ0v) is 9.06. The zero-order chi connectivity index (χ0) is 10.6. The van der Waals surface area contributed by atoms with Gasteiger partial charge in [-0.15, -0.1) is 0 Å². The van der Waals surface area contributed by atoms with Crippen molar-refractivity contribution in [3.63, 3.8) is 0 Å². The number of nitrogens with one attached hydrogen (secondary N) is 1. The molecular formula is C10H9Cl2NO. The van der Waals surface area contributed by atoms with Gasteiger partial charge in [0.15, 0.2) is 0 Å². The first-order chi connectivity index (χ1) is 6.63. The molecule has 0 spiro atoms. The fourth-order valence-electron chi connectivity index (χ4n) is 0.909. The van der Waals surface area contributed by atoms with Crippen molar-refractivity contribution >= 4 is 34.8 Å². The molecule has 0 fully saturated rings. The molecule has 1 aromatic rings. The highest BCUT2D eigenvalue weighted by Crippen LogP contribution is 2.24. The zero-order valence-electron chi connectivity index (χ0n) is 7.55. The molecule has 1 N–H and O–H groups in total. The number of carbonyl (C=O) groups excluding carboxylic acids is 1. The summed E-state index contributed by atoms with van der Waals surface area (Å²) in [4.78, 5) is 11.1. The van der Waals surface area contributed by atoms with Crippen LogP contribution in [0, 0.1) is 0 Å². The predicted molar refractivity (Wildman–Crippen MR) is 59.9 cm³/mol. The molecule has 2 nitrogen and oxygen atoms in total. The van der Waals surface area contributed by atoms with E-state index in [9.17, 15) is 4.79 Å². The van der Waals surface area contributed by atoms with Crippen LogP contribution in [0.25, 0.3) is 0 Å². The SMILES string of the molecule is C/C=C\C(=O)Nc1ccc(Cl)c(Cl)c1. The molecule has 1 aromatic carbocycles. The summed E-state index contributed by atoms with van der Waals surface area (Å²) in [6.07, 6.45) is 3.09. The number of amides is 1. The lowest BCUT2D eigenvalue weighted by molar-refractivity contribution is -0.111. The van der Waals surface area contributed by atoms with Gasteiger partial charge in [-0.2, -0.15) is 0 Å². The Kier molecular flexibility index (Phi) is 3.98. The lowest BCUT2D eigenvalue weighted by Gasteiger charge is -2.03. The van der Waals surface area contributed by atoms with Crippen LogP contribution in [0.3, 0.4) is 0 Å². The highest BCUT2D eigenvalue weighted by molar-refractivity contribution is 6.42. The topological polar surface area (TPSA) is 29.1 Å². The van der Waals surface area contributed by atoms with Crippen molar-refractivity contribution in [1.82, 2.24) is 0 Å². The summed E-state index contributed by atoms with van der Waals surface area (Å²) < 4.78 is 0. The van der Waals surface area contributed by atoms with Crippen molar-refractivity contribution in [2.24, 2.45) is 0 Å². The monoisotopic (exact) mass is 229 g/mol. The van der Waals surface area contributed by atoms with E-state index < -0.39 is 0 Å². The molecule has 0 unspecified atom stereocenters. The molecule has 0 saturated carbocycles. The van der Waals surface area contributed by atoms with Gasteiger partial charge in [-0.25, -0.2) is 0 Å². The molecule has 0 aliphatic heterocycles. The minimum absolute atomic E-state index is 0.189. The van der Waals surface area contributed by atoms with Gasteiger partial charge in [0.1, 0.15) is 0 Å². The van der Waals surface area contributed by atoms with Gasteiger partial charge in [0.2, 0.25) is 5.91 Å². The highest BCUT2D eigenvalue weighted by Gasteiger charge is 2.00. The van der Waals surface area contributed by atoms with Gasteiger partial charge < -0.3 is 5.32 Å². The first-order valence-electron chi connectivity index (χ1n) is 4.02. The molecule has 0 aromatic heterocycles. The normalized spacial score (nSPS) is 10.5. The lowest BCUT2D eigenvalue weighted by Crippen LogP contribution is -2.07. The van der Waals surface area contributed by atoms with E-state index in [2.05, 4.69) is 5.32 Å². The summed E-state index contributed by atoms with van der Waals surface area (Å²) >= 11 is 11.5. The van der Waals surface area contributed by atoms with E-state index in [1.54, 1.807) is 31.2 Å². The van der Waals surface area contributed by atoms with E-state index >= 15 is 0 Å². The van der Waals surface area contributed by atoms with Gasteiger partial charge in [0, 0.05) is 5.69 Å². The third-order valence-electron chi connectivity index (χ3n) is 1.51. The van der Waals surface area contributed by atoms with Gasteiger partial charge in [0.25, 0.3) is 0 Å². The molecule has 4 heteroatoms. The van der Waals surface area contributed by atoms with Crippen LogP contribution < -0.4 is 5.32 Å². The summed E-state index contributed by atoms with van der Waals surface area (Å²) in [6, 6.07) is 4.93. The van der Waals surface area contributed by atoms with Crippen LogP contribution in [0.5, 0.6) is 0 Å². The molecule has 0 aliphatic rings. The Morgan fingerprint density at radius 1 is 1.36 bits per heavy atom. The minimum Gasteiger partial charge on any atom is -0.322 e. The number of rotatable bonds is 2. The molecule has 1 rings (SSSR count). The first-order valence-corrected chi connectivity index (χ1v) is 4.78. The van der Waals surface area contributed by atoms with Gasteiger partial charge in [-0.05, 0) is 31.2 Å². The highest BCUT2D eigenvalue weighted by atomic mass is 35.5. The quantitative estimate of drug-likeness (QED) is 0.774. The van der Waals surface area contributed by atoms with Crippen LogP contribution in [0.2, 0.25) is 10.0 Å². The second-order valence-corrected chi connectivity index (χ2v) is 3.43. The Bertz CT molecular complexity index is 374. The van der Waals surface area contributed by atoms with Crippen molar-refractivity contribution in [3.8, 4) is 0 Å². The number of benzene rings is 1. The molecule has 14 heavy (non-hydrogen) atoms. The molecule has 0 atom stereocenters. The van der Waals surface area contributed by atoms with Gasteiger partial charge in [-0.1, -0.05) is 29.3 Å². The average Bonchev–Trinajstić information content (AvgIpc) is 2.12. The van der Waals surface area contributed by atoms with Crippen molar-refractivity contribution in [3.05, 3.63) is 40.4 Å². The van der Waals surface area contributed by atoms with E-state index in [0.29, 0.717) is 15.7 Å². The number of hydrogen-bond acceptors (Lipinski definition) is 1. The Morgan fingerprint density at radius 2 is 2.07 bits per heavy atom. The Labute approximate surface area is 92.5 Å². The Balaban J connectivity index is 2.78. The summed E-state index contributed by atoms with van der Waals surface area (Å²) in [6.45, 7) is 1.77. The fourth-order valence-corrected chi connectivity index (χ4v) is 1.21. The van der Waals surface area contributed by atoms with Crippen LogP contribution in [0.4, 0.5) is 5.69 Å². The van der Waals surface area contributed by atoms with Crippen LogP contribution in [-0.2, 0) is 4.79 Å². The van der Waals surface area contributed by atoms with Crippen molar-refractivity contribution < 1.29 is 4.79 Å². The maximum absolute atomic E-state index is 11.1. The molecule has 74 valence electrons. The average molecular weight is 230 g/mol. The maximum Gasteiger partial charge on any atom is 0.248 e. The van der Waals surface area contributed by atoms with Gasteiger partial charge >= 0.3 is 0 Å². The summed E-state index contributed by atoms with van der Waals surface area (Å²) in [5.41, 5.74) is 0.627. The largest absolute Gasteiger partial charge is 0.322 e. The van der Waals surface area contributed by atoms with E-state index in [1.807, 2.05) is 0 Å². The predicted octanol–water partition coefficient (Wildman–Crippen LogP) is 3.51. The third-order valence-corrected chi connectivity index (χ3v) is 2.24. The van der Waals surface area contributed by atoms with Crippen LogP contribution in [0.1, 0.15) is 6.92 Å². The number of anilines is 1. The van der Waals surface area contributed by atoms with E-state index in [1.165, 1.54) is 6.08 Å². The molecule has 0 radical (unpaired) electrons. The number of carbonyl (C=O) groups is 1. The van der Waals surface area contributed by atoms with Gasteiger partial charge in [-0.3, -0.25) is 4.79 Å². The van der Waals surface area contributed by atoms with E-state index in [4.69, 9.17) is 23.2 Å². The second kappa shape index (κ2) is 5.03. The maximum atomic E-state index is 11.1. The first kappa shape index (κ1) is 11.1. The fraction of sp³-hybridized carbons (Fsp3) is 0.100. The second-order valence-electron chi connectivity index (χ2n) is 2.62. The Morgan fingerprint density at radius 3 is 2.64 bits per heavy atom. The number of allylic oxidation sites excluding steroid dienone is 1. The van der Waals surface area contributed by atoms with Crippen molar-refractivity contribution in [1.29, 1.82) is 0 Å². The molecule has 0 aliphatic carbocycles. The van der Waals surface area contributed by atoms with E-state index in [-0.39, 0.29) is 5.91 Å². The molecular weight excluding hydrogens is 221 g/mol. The van der Waals surface area contributed by atoms with Crippen molar-refractivity contribution in [2.45, 2.75) is 6.92 Å². The summed E-state index contributed by atoms with van der Waals surface area (Å²) in [7, 11) is 0. The molecule has 0 saturated heterocycles. The molecule has 0 heterocycles. The lowest BCUT2D eigenvalue weighted by atomic mass is 10.3. The summed E-state index contributed by atoms with van der Waals surface area (Å²) in [5, 5.41) is 3.53. The minimum atomic E-state index is -0.189. The van der Waals surface area contributed by atoms with Gasteiger partial charge in [0.05, 0.1) is 10.0 Å².